The summed E-state index contributed by atoms with van der Waals surface area (Å²) in [4.78, 5) is 11.4. The van der Waals surface area contributed by atoms with Gasteiger partial charge in [0.25, 0.3) is 0 Å². The molecule has 1 aromatic rings. The largest absolute Gasteiger partial charge is 0.431 e. The van der Waals surface area contributed by atoms with Crippen LogP contribution in [0.3, 0.4) is 0 Å². The molecule has 9 unspecified atom stereocenters. The number of fused-ring (bicyclic) bond motifs is 5. The van der Waals surface area contributed by atoms with Gasteiger partial charge >= 0.3 is 5.63 Å². The van der Waals surface area contributed by atoms with Crippen molar-refractivity contribution in [2.24, 2.45) is 22.7 Å². The van der Waals surface area contributed by atoms with Gasteiger partial charge in [0, 0.05) is 23.3 Å². The first-order valence-corrected chi connectivity index (χ1v) is 11.4. The Hall–Kier alpha value is -1.21. The fraction of sp³-hybridized carbons (Fsp3) is 0.792. The molecule has 4 fully saturated rings. The Labute approximate surface area is 176 Å². The minimum atomic E-state index is -1.10. The summed E-state index contributed by atoms with van der Waals surface area (Å²) in [5.41, 5.74) is -2.48. The highest BCUT2D eigenvalue weighted by Crippen LogP contribution is 2.71. The second-order valence-electron chi connectivity index (χ2n) is 11.0. The number of hydrogen-bond acceptors (Lipinski definition) is 6. The van der Waals surface area contributed by atoms with E-state index in [1.807, 2.05) is 13.0 Å². The van der Waals surface area contributed by atoms with E-state index in [1.54, 1.807) is 6.26 Å². The summed E-state index contributed by atoms with van der Waals surface area (Å²) in [6, 6.07) is 3.28. The summed E-state index contributed by atoms with van der Waals surface area (Å²) >= 11 is 0. The maximum absolute atomic E-state index is 12.2. The topological polar surface area (TPSA) is 111 Å². The number of aliphatic hydroxyl groups is 4. The predicted octanol–water partition coefficient (Wildman–Crippen LogP) is 2.33. The molecule has 4 N–H and O–H groups in total. The van der Waals surface area contributed by atoms with Gasteiger partial charge in [-0.2, -0.15) is 0 Å². The summed E-state index contributed by atoms with van der Waals surface area (Å²) in [7, 11) is 0. The zero-order valence-corrected chi connectivity index (χ0v) is 17.9. The molecule has 0 amide bonds. The second kappa shape index (κ2) is 6.41. The zero-order valence-electron chi connectivity index (χ0n) is 17.9. The van der Waals surface area contributed by atoms with Crippen molar-refractivity contribution in [1.82, 2.24) is 0 Å². The van der Waals surface area contributed by atoms with Crippen molar-refractivity contribution in [3.63, 3.8) is 0 Å². The van der Waals surface area contributed by atoms with Gasteiger partial charge in [0.2, 0.25) is 0 Å². The number of rotatable bonds is 1. The van der Waals surface area contributed by atoms with Gasteiger partial charge < -0.3 is 24.8 Å². The van der Waals surface area contributed by atoms with Crippen LogP contribution >= 0.6 is 0 Å². The van der Waals surface area contributed by atoms with Gasteiger partial charge in [-0.05, 0) is 74.3 Å². The molecule has 0 saturated heterocycles. The highest BCUT2D eigenvalue weighted by atomic mass is 16.4. The minimum absolute atomic E-state index is 0.00396. The molecule has 4 saturated carbocycles. The standard InChI is InChI=1S/C24H34O6/c1-21-8-5-17-18(6-9-23(28)12-15(25)11-19(26)22(17,23)2)24(21,29)10-7-16(21)14-3-4-20(27)30-13-14/h3-4,13,15-19,25-26,28-29H,5-12H2,1-2H3. The van der Waals surface area contributed by atoms with Crippen molar-refractivity contribution in [2.75, 3.05) is 0 Å². The molecule has 1 heterocycles. The SMILES string of the molecule is CC12CCC3C(CCC4(O)CC(O)CC(O)C34C)C1(O)CCC2c1ccc(=O)oc1. The molecule has 30 heavy (non-hydrogen) atoms. The van der Waals surface area contributed by atoms with E-state index in [0.29, 0.717) is 25.7 Å². The van der Waals surface area contributed by atoms with Gasteiger partial charge in [0.15, 0.2) is 0 Å². The Balaban J connectivity index is 1.52. The summed E-state index contributed by atoms with van der Waals surface area (Å²) in [6.07, 6.45) is 4.94. The summed E-state index contributed by atoms with van der Waals surface area (Å²) in [5.74, 6) is 0.107. The fourth-order valence-electron chi connectivity index (χ4n) is 8.38. The Bertz CT molecular complexity index is 877. The van der Waals surface area contributed by atoms with Crippen LogP contribution in [0.15, 0.2) is 27.6 Å². The molecule has 1 aromatic heterocycles. The first-order chi connectivity index (χ1) is 14.1. The first kappa shape index (κ1) is 20.7. The van der Waals surface area contributed by atoms with E-state index in [4.69, 9.17) is 4.42 Å². The molecular weight excluding hydrogens is 384 g/mol. The van der Waals surface area contributed by atoms with E-state index >= 15 is 0 Å². The van der Waals surface area contributed by atoms with Crippen molar-refractivity contribution in [2.45, 2.75) is 94.5 Å². The molecular formula is C24H34O6. The summed E-state index contributed by atoms with van der Waals surface area (Å²) < 4.78 is 5.13. The lowest BCUT2D eigenvalue weighted by atomic mass is 9.41. The van der Waals surface area contributed by atoms with Crippen molar-refractivity contribution in [3.8, 4) is 0 Å². The summed E-state index contributed by atoms with van der Waals surface area (Å²) in [6.45, 7) is 4.14. The van der Waals surface area contributed by atoms with Crippen LogP contribution in [-0.2, 0) is 0 Å². The quantitative estimate of drug-likeness (QED) is 0.557. The molecule has 166 valence electrons. The molecule has 6 nitrogen and oxygen atoms in total. The average Bonchev–Trinajstić information content (AvgIpc) is 2.96. The Morgan fingerprint density at radius 2 is 1.73 bits per heavy atom. The summed E-state index contributed by atoms with van der Waals surface area (Å²) in [5, 5.41) is 45.0. The van der Waals surface area contributed by atoms with Crippen LogP contribution in [0.2, 0.25) is 0 Å². The third kappa shape index (κ3) is 2.42. The molecule has 4 aliphatic carbocycles. The maximum atomic E-state index is 12.2. The molecule has 9 atom stereocenters. The molecule has 0 spiro atoms. The Kier molecular flexibility index (Phi) is 4.42. The highest BCUT2D eigenvalue weighted by Gasteiger charge is 2.71. The third-order valence-electron chi connectivity index (χ3n) is 10.2. The second-order valence-corrected chi connectivity index (χ2v) is 11.0. The minimum Gasteiger partial charge on any atom is -0.431 e. The van der Waals surface area contributed by atoms with Crippen molar-refractivity contribution in [3.05, 3.63) is 34.4 Å². The zero-order chi connectivity index (χ0) is 21.5. The van der Waals surface area contributed by atoms with Gasteiger partial charge in [0.05, 0.1) is 29.7 Å². The van der Waals surface area contributed by atoms with E-state index < -0.39 is 28.8 Å². The van der Waals surface area contributed by atoms with Crippen LogP contribution < -0.4 is 5.63 Å². The van der Waals surface area contributed by atoms with E-state index in [2.05, 4.69) is 6.92 Å². The van der Waals surface area contributed by atoms with Crippen LogP contribution in [0.1, 0.15) is 76.7 Å². The Morgan fingerprint density at radius 1 is 1.00 bits per heavy atom. The smallest absolute Gasteiger partial charge is 0.335 e. The number of aliphatic hydroxyl groups excluding tert-OH is 2. The molecule has 0 aromatic carbocycles. The van der Waals surface area contributed by atoms with Crippen LogP contribution in [-0.4, -0.2) is 43.8 Å². The Morgan fingerprint density at radius 3 is 2.43 bits per heavy atom. The molecule has 6 heteroatoms. The lowest BCUT2D eigenvalue weighted by Gasteiger charge is -2.67. The van der Waals surface area contributed by atoms with Gasteiger partial charge in [-0.3, -0.25) is 0 Å². The monoisotopic (exact) mass is 418 g/mol. The van der Waals surface area contributed by atoms with Crippen LogP contribution in [0, 0.1) is 22.7 Å². The lowest BCUT2D eigenvalue weighted by molar-refractivity contribution is -0.281. The van der Waals surface area contributed by atoms with Gasteiger partial charge in [0.1, 0.15) is 0 Å². The average molecular weight is 419 g/mol. The van der Waals surface area contributed by atoms with E-state index in [1.165, 1.54) is 6.07 Å². The third-order valence-corrected chi connectivity index (χ3v) is 10.2. The predicted molar refractivity (Wildman–Crippen MR) is 110 cm³/mol. The van der Waals surface area contributed by atoms with Crippen molar-refractivity contribution >= 4 is 0 Å². The lowest BCUT2D eigenvalue weighted by Crippen LogP contribution is -2.70. The van der Waals surface area contributed by atoms with Gasteiger partial charge in [-0.15, -0.1) is 0 Å². The van der Waals surface area contributed by atoms with Crippen LogP contribution in [0.4, 0.5) is 0 Å². The number of hydrogen-bond donors (Lipinski definition) is 4. The fourth-order valence-corrected chi connectivity index (χ4v) is 8.38. The molecule has 0 aliphatic heterocycles. The molecule has 5 rings (SSSR count). The van der Waals surface area contributed by atoms with Crippen molar-refractivity contribution in [1.29, 1.82) is 0 Å². The van der Waals surface area contributed by atoms with E-state index in [9.17, 15) is 25.2 Å². The van der Waals surface area contributed by atoms with Gasteiger partial charge in [-0.1, -0.05) is 13.8 Å². The molecule has 4 aliphatic rings. The normalized spacial score (nSPS) is 52.9. The molecule has 0 radical (unpaired) electrons. The van der Waals surface area contributed by atoms with E-state index in [-0.39, 0.29) is 35.2 Å². The highest BCUT2D eigenvalue weighted by molar-refractivity contribution is 5.28. The maximum Gasteiger partial charge on any atom is 0.335 e. The molecule has 0 bridgehead atoms. The van der Waals surface area contributed by atoms with E-state index in [0.717, 1.165) is 24.8 Å². The van der Waals surface area contributed by atoms with Crippen LogP contribution in [0.5, 0.6) is 0 Å². The first-order valence-electron chi connectivity index (χ1n) is 11.4. The van der Waals surface area contributed by atoms with Gasteiger partial charge in [-0.25, -0.2) is 4.79 Å². The van der Waals surface area contributed by atoms with Crippen molar-refractivity contribution < 1.29 is 24.8 Å². The van der Waals surface area contributed by atoms with Crippen LogP contribution in [0.25, 0.3) is 0 Å².